The van der Waals surface area contributed by atoms with Crippen LogP contribution in [0.25, 0.3) is 10.2 Å². The second-order valence-corrected chi connectivity index (χ2v) is 7.30. The molecule has 0 atom stereocenters. The molecule has 2 aromatic rings. The Morgan fingerprint density at radius 3 is 2.81 bits per heavy atom. The molecule has 0 aliphatic heterocycles. The van der Waals surface area contributed by atoms with Crippen molar-refractivity contribution in [3.05, 3.63) is 27.8 Å². The fourth-order valence-corrected chi connectivity index (χ4v) is 4.30. The standard InChI is InChI=1S/C14H17N3O2S2/c1-20-10-4-2-9(3-5-10)16-11-6-7-12-13(15-8-21-12)14(11)17(18)19/h6-10,16H,2-5H2,1H3. The number of nitro benzene ring substituents is 1. The van der Waals surface area contributed by atoms with E-state index in [0.29, 0.717) is 17.2 Å². The normalized spacial score (nSPS) is 22.3. The zero-order chi connectivity index (χ0) is 14.8. The number of fused-ring (bicyclic) bond motifs is 1. The second kappa shape index (κ2) is 6.19. The van der Waals surface area contributed by atoms with E-state index in [1.54, 1.807) is 5.51 Å². The third-order valence-corrected chi connectivity index (χ3v) is 5.96. The lowest BCUT2D eigenvalue weighted by Gasteiger charge is -2.28. The topological polar surface area (TPSA) is 68.1 Å². The van der Waals surface area contributed by atoms with Gasteiger partial charge < -0.3 is 5.32 Å². The summed E-state index contributed by atoms with van der Waals surface area (Å²) in [5.74, 6) is 0. The van der Waals surface area contributed by atoms with Crippen molar-refractivity contribution in [3.8, 4) is 0 Å². The van der Waals surface area contributed by atoms with Gasteiger partial charge in [-0.25, -0.2) is 4.98 Å². The predicted molar refractivity (Wildman–Crippen MR) is 89.5 cm³/mol. The van der Waals surface area contributed by atoms with Gasteiger partial charge in [-0.2, -0.15) is 11.8 Å². The van der Waals surface area contributed by atoms with Crippen molar-refractivity contribution in [3.63, 3.8) is 0 Å². The summed E-state index contributed by atoms with van der Waals surface area (Å²) in [5, 5.41) is 15.5. The molecule has 0 bridgehead atoms. The van der Waals surface area contributed by atoms with E-state index in [4.69, 9.17) is 0 Å². The molecule has 1 heterocycles. The Hall–Kier alpha value is -1.34. The van der Waals surface area contributed by atoms with Crippen molar-refractivity contribution in [2.75, 3.05) is 11.6 Å². The fourth-order valence-electron chi connectivity index (χ4n) is 2.88. The molecule has 1 fully saturated rings. The number of hydrogen-bond donors (Lipinski definition) is 1. The highest BCUT2D eigenvalue weighted by atomic mass is 32.2. The number of aromatic nitrogens is 1. The molecular formula is C14H17N3O2S2. The third-order valence-electron chi connectivity index (χ3n) is 4.03. The lowest BCUT2D eigenvalue weighted by atomic mass is 9.94. The summed E-state index contributed by atoms with van der Waals surface area (Å²) in [4.78, 5) is 15.2. The molecule has 21 heavy (non-hydrogen) atoms. The summed E-state index contributed by atoms with van der Waals surface area (Å²) in [7, 11) is 0. The Labute approximate surface area is 131 Å². The average Bonchev–Trinajstić information content (AvgIpc) is 2.95. The van der Waals surface area contributed by atoms with Gasteiger partial charge in [-0.15, -0.1) is 11.3 Å². The SMILES string of the molecule is CSC1CCC(Nc2ccc3scnc3c2[N+](=O)[O-])CC1. The molecule has 1 aromatic carbocycles. The maximum Gasteiger partial charge on any atom is 0.319 e. The van der Waals surface area contributed by atoms with Crippen LogP contribution < -0.4 is 5.32 Å². The Kier molecular flexibility index (Phi) is 4.30. The third kappa shape index (κ3) is 2.98. The van der Waals surface area contributed by atoms with E-state index < -0.39 is 0 Å². The maximum atomic E-state index is 11.4. The summed E-state index contributed by atoms with van der Waals surface area (Å²) >= 11 is 3.35. The van der Waals surface area contributed by atoms with Crippen LogP contribution in [-0.2, 0) is 0 Å². The largest absolute Gasteiger partial charge is 0.377 e. The molecule has 1 N–H and O–H groups in total. The number of nitrogens with zero attached hydrogens (tertiary/aromatic N) is 2. The van der Waals surface area contributed by atoms with E-state index in [1.165, 1.54) is 24.2 Å². The molecule has 1 aliphatic rings. The van der Waals surface area contributed by atoms with E-state index >= 15 is 0 Å². The highest BCUT2D eigenvalue weighted by Crippen LogP contribution is 2.36. The van der Waals surface area contributed by atoms with Crippen LogP contribution >= 0.6 is 23.1 Å². The molecule has 0 saturated heterocycles. The predicted octanol–water partition coefficient (Wildman–Crippen LogP) is 4.29. The zero-order valence-corrected chi connectivity index (χ0v) is 13.4. The molecule has 112 valence electrons. The van der Waals surface area contributed by atoms with Gasteiger partial charge >= 0.3 is 5.69 Å². The quantitative estimate of drug-likeness (QED) is 0.671. The van der Waals surface area contributed by atoms with Gasteiger partial charge in [-0.3, -0.25) is 10.1 Å². The highest BCUT2D eigenvalue weighted by Gasteiger charge is 2.25. The molecule has 0 radical (unpaired) electrons. The number of anilines is 1. The molecule has 0 amide bonds. The minimum Gasteiger partial charge on any atom is -0.377 e. The van der Waals surface area contributed by atoms with E-state index in [0.717, 1.165) is 22.8 Å². The number of rotatable bonds is 4. The summed E-state index contributed by atoms with van der Waals surface area (Å²) < 4.78 is 0.860. The zero-order valence-electron chi connectivity index (χ0n) is 11.7. The molecule has 0 unspecified atom stereocenters. The van der Waals surface area contributed by atoms with Crippen molar-refractivity contribution < 1.29 is 4.92 Å². The minimum absolute atomic E-state index is 0.112. The van der Waals surface area contributed by atoms with Crippen molar-refractivity contribution in [1.29, 1.82) is 0 Å². The maximum absolute atomic E-state index is 11.4. The van der Waals surface area contributed by atoms with Crippen molar-refractivity contribution in [2.24, 2.45) is 0 Å². The molecule has 0 spiro atoms. The van der Waals surface area contributed by atoms with Crippen LogP contribution in [-0.4, -0.2) is 27.5 Å². The first-order chi connectivity index (χ1) is 10.2. The fraction of sp³-hybridized carbons (Fsp3) is 0.500. The molecule has 1 aliphatic carbocycles. The van der Waals surface area contributed by atoms with Gasteiger partial charge in [0.05, 0.1) is 15.1 Å². The average molecular weight is 323 g/mol. The molecule has 7 heteroatoms. The Bertz CT molecular complexity index is 651. The van der Waals surface area contributed by atoms with Crippen molar-refractivity contribution in [2.45, 2.75) is 37.0 Å². The second-order valence-electron chi connectivity index (χ2n) is 5.27. The van der Waals surface area contributed by atoms with Gasteiger partial charge in [0.25, 0.3) is 0 Å². The first kappa shape index (κ1) is 14.6. The first-order valence-electron chi connectivity index (χ1n) is 6.99. The van der Waals surface area contributed by atoms with Crippen LogP contribution in [0, 0.1) is 10.1 Å². The lowest BCUT2D eigenvalue weighted by molar-refractivity contribution is -0.382. The Morgan fingerprint density at radius 1 is 1.38 bits per heavy atom. The molecular weight excluding hydrogens is 306 g/mol. The van der Waals surface area contributed by atoms with E-state index in [2.05, 4.69) is 16.6 Å². The highest BCUT2D eigenvalue weighted by molar-refractivity contribution is 7.99. The van der Waals surface area contributed by atoms with Crippen LogP contribution in [0.15, 0.2) is 17.6 Å². The van der Waals surface area contributed by atoms with Gasteiger partial charge in [0.1, 0.15) is 5.69 Å². The van der Waals surface area contributed by atoms with Gasteiger partial charge in [0.2, 0.25) is 0 Å². The number of nitrogens with one attached hydrogen (secondary N) is 1. The molecule has 3 rings (SSSR count). The number of hydrogen-bond acceptors (Lipinski definition) is 6. The van der Waals surface area contributed by atoms with Gasteiger partial charge in [-0.1, -0.05) is 0 Å². The summed E-state index contributed by atoms with van der Waals surface area (Å²) in [6.45, 7) is 0. The number of thiazole rings is 1. The molecule has 1 saturated carbocycles. The van der Waals surface area contributed by atoms with Crippen LogP contribution in [0.2, 0.25) is 0 Å². The van der Waals surface area contributed by atoms with E-state index in [9.17, 15) is 10.1 Å². The van der Waals surface area contributed by atoms with Crippen LogP contribution in [0.3, 0.4) is 0 Å². The minimum atomic E-state index is -0.322. The lowest BCUT2D eigenvalue weighted by Crippen LogP contribution is -2.27. The van der Waals surface area contributed by atoms with Crippen molar-refractivity contribution >= 4 is 44.7 Å². The Morgan fingerprint density at radius 2 is 2.14 bits per heavy atom. The summed E-state index contributed by atoms with van der Waals surface area (Å²) in [5.41, 5.74) is 2.87. The van der Waals surface area contributed by atoms with Crippen LogP contribution in [0.1, 0.15) is 25.7 Å². The summed E-state index contributed by atoms with van der Waals surface area (Å²) in [6, 6.07) is 4.05. The number of nitro groups is 1. The van der Waals surface area contributed by atoms with E-state index in [1.807, 2.05) is 23.9 Å². The van der Waals surface area contributed by atoms with Gasteiger partial charge in [0, 0.05) is 11.3 Å². The molecule has 5 nitrogen and oxygen atoms in total. The summed E-state index contributed by atoms with van der Waals surface area (Å²) in [6.07, 6.45) is 6.63. The Balaban J connectivity index is 1.84. The monoisotopic (exact) mass is 323 g/mol. The smallest absolute Gasteiger partial charge is 0.319 e. The number of benzene rings is 1. The van der Waals surface area contributed by atoms with Gasteiger partial charge in [0.15, 0.2) is 5.52 Å². The van der Waals surface area contributed by atoms with Crippen LogP contribution in [0.5, 0.6) is 0 Å². The van der Waals surface area contributed by atoms with Crippen LogP contribution in [0.4, 0.5) is 11.4 Å². The molecule has 1 aromatic heterocycles. The number of thioether (sulfide) groups is 1. The van der Waals surface area contributed by atoms with E-state index in [-0.39, 0.29) is 10.6 Å². The van der Waals surface area contributed by atoms with Gasteiger partial charge in [-0.05, 0) is 44.1 Å². The first-order valence-corrected chi connectivity index (χ1v) is 9.15. The van der Waals surface area contributed by atoms with Crippen molar-refractivity contribution in [1.82, 2.24) is 4.98 Å².